The lowest BCUT2D eigenvalue weighted by molar-refractivity contribution is -0.132. The van der Waals surface area contributed by atoms with Crippen LogP contribution in [0, 0.1) is 0 Å². The Bertz CT molecular complexity index is 1350. The molecular formula is C31H32N4O3S2. The summed E-state index contributed by atoms with van der Waals surface area (Å²) in [4.78, 5) is 34.4. The Labute approximate surface area is 243 Å². The van der Waals surface area contributed by atoms with Crippen molar-refractivity contribution in [1.29, 1.82) is 0 Å². The Morgan fingerprint density at radius 2 is 1.55 bits per heavy atom. The second-order valence-electron chi connectivity index (χ2n) is 9.49. The fraction of sp³-hybridized carbons (Fsp3) is 0.258. The molecule has 0 spiro atoms. The van der Waals surface area contributed by atoms with E-state index in [9.17, 15) is 9.59 Å². The molecule has 0 aliphatic carbocycles. The zero-order chi connectivity index (χ0) is 27.7. The molecule has 5 rings (SSSR count). The van der Waals surface area contributed by atoms with Crippen LogP contribution < -0.4 is 10.1 Å². The lowest BCUT2D eigenvalue weighted by Crippen LogP contribution is -2.50. The number of hydrogen-bond donors (Lipinski definition) is 1. The van der Waals surface area contributed by atoms with Crippen molar-refractivity contribution in [2.75, 3.05) is 44.4 Å². The first-order valence-corrected chi connectivity index (χ1v) is 15.1. The van der Waals surface area contributed by atoms with Crippen LogP contribution in [-0.2, 0) is 16.0 Å². The second kappa shape index (κ2) is 13.6. The maximum absolute atomic E-state index is 13.1. The van der Waals surface area contributed by atoms with E-state index in [0.717, 1.165) is 34.6 Å². The Kier molecular flexibility index (Phi) is 9.49. The van der Waals surface area contributed by atoms with E-state index in [1.807, 2.05) is 22.4 Å². The molecule has 0 unspecified atom stereocenters. The number of benzene rings is 3. The van der Waals surface area contributed by atoms with Crippen molar-refractivity contribution < 1.29 is 14.3 Å². The molecule has 1 aromatic heterocycles. The van der Waals surface area contributed by atoms with Crippen LogP contribution in [0.1, 0.15) is 22.9 Å². The number of nitrogens with one attached hydrogen (secondary N) is 1. The van der Waals surface area contributed by atoms with Crippen molar-refractivity contribution in [3.8, 4) is 5.75 Å². The number of carbonyl (C=O) groups is 2. The molecule has 2 amide bonds. The standard InChI is InChI=1S/C31H32N4O3S2/c1-38-27-14-12-25(13-15-27)32-28(36)22-40-31-33-26(21-39-31)20-29(37)34-16-18-35(19-17-34)30(23-8-4-2-5-9-23)24-10-6-3-7-11-24/h2-15,21,30H,16-20,22H2,1H3,(H,32,36). The molecular weight excluding hydrogens is 541 g/mol. The van der Waals surface area contributed by atoms with E-state index in [2.05, 4.69) is 63.7 Å². The van der Waals surface area contributed by atoms with E-state index in [4.69, 9.17) is 4.74 Å². The summed E-state index contributed by atoms with van der Waals surface area (Å²) in [5.41, 5.74) is 4.00. The summed E-state index contributed by atoms with van der Waals surface area (Å²) in [6.07, 6.45) is 0.274. The Hall–Kier alpha value is -3.66. The van der Waals surface area contributed by atoms with Gasteiger partial charge < -0.3 is 15.0 Å². The van der Waals surface area contributed by atoms with Gasteiger partial charge in [0.15, 0.2) is 4.34 Å². The van der Waals surface area contributed by atoms with Gasteiger partial charge in [-0.2, -0.15) is 0 Å². The van der Waals surface area contributed by atoms with E-state index in [1.54, 1.807) is 31.4 Å². The van der Waals surface area contributed by atoms with Gasteiger partial charge in [-0.1, -0.05) is 72.4 Å². The minimum atomic E-state index is -0.106. The highest BCUT2D eigenvalue weighted by molar-refractivity contribution is 8.01. The number of nitrogens with zero attached hydrogens (tertiary/aromatic N) is 3. The third-order valence-corrected chi connectivity index (χ3v) is 8.90. The first kappa shape index (κ1) is 27.9. The average molecular weight is 573 g/mol. The molecule has 1 saturated heterocycles. The lowest BCUT2D eigenvalue weighted by Gasteiger charge is -2.39. The molecule has 1 aliphatic heterocycles. The number of amides is 2. The van der Waals surface area contributed by atoms with Gasteiger partial charge in [0.1, 0.15) is 5.75 Å². The zero-order valence-corrected chi connectivity index (χ0v) is 24.0. The van der Waals surface area contributed by atoms with E-state index in [1.165, 1.54) is 34.2 Å². The summed E-state index contributed by atoms with van der Waals surface area (Å²) in [5.74, 6) is 0.973. The smallest absolute Gasteiger partial charge is 0.234 e. The third kappa shape index (κ3) is 7.29. The molecule has 1 N–H and O–H groups in total. The van der Waals surface area contributed by atoms with Crippen molar-refractivity contribution in [3.63, 3.8) is 0 Å². The van der Waals surface area contributed by atoms with Gasteiger partial charge in [0.05, 0.1) is 31.0 Å². The maximum Gasteiger partial charge on any atom is 0.234 e. The number of aromatic nitrogens is 1. The Morgan fingerprint density at radius 1 is 0.925 bits per heavy atom. The quantitative estimate of drug-likeness (QED) is 0.258. The van der Waals surface area contributed by atoms with Gasteiger partial charge in [-0.05, 0) is 35.4 Å². The van der Waals surface area contributed by atoms with Crippen LogP contribution in [-0.4, -0.2) is 65.6 Å². The fourth-order valence-corrected chi connectivity index (χ4v) is 6.46. The number of piperazine rings is 1. The van der Waals surface area contributed by atoms with Gasteiger partial charge in [0.2, 0.25) is 11.8 Å². The molecule has 0 bridgehead atoms. The summed E-state index contributed by atoms with van der Waals surface area (Å²) >= 11 is 2.84. The Balaban J connectivity index is 1.11. The molecule has 3 aromatic carbocycles. The highest BCUT2D eigenvalue weighted by atomic mass is 32.2. The van der Waals surface area contributed by atoms with Crippen LogP contribution in [0.2, 0.25) is 0 Å². The molecule has 7 nitrogen and oxygen atoms in total. The third-order valence-electron chi connectivity index (χ3n) is 6.83. The average Bonchev–Trinajstić information content (AvgIpc) is 3.45. The summed E-state index contributed by atoms with van der Waals surface area (Å²) in [6, 6.07) is 28.5. The number of anilines is 1. The van der Waals surface area contributed by atoms with Gasteiger partial charge in [-0.25, -0.2) is 4.98 Å². The molecule has 206 valence electrons. The lowest BCUT2D eigenvalue weighted by atomic mass is 9.96. The van der Waals surface area contributed by atoms with Crippen LogP contribution in [0.15, 0.2) is 94.6 Å². The van der Waals surface area contributed by atoms with Crippen molar-refractivity contribution in [2.24, 2.45) is 0 Å². The van der Waals surface area contributed by atoms with Gasteiger partial charge in [-0.15, -0.1) is 11.3 Å². The SMILES string of the molecule is COc1ccc(NC(=O)CSc2nc(CC(=O)N3CCN(C(c4ccccc4)c4ccccc4)CC3)cs2)cc1. The van der Waals surface area contributed by atoms with Crippen LogP contribution >= 0.6 is 23.1 Å². The number of hydrogen-bond acceptors (Lipinski definition) is 7. The number of carbonyl (C=O) groups excluding carboxylic acids is 2. The number of ether oxygens (including phenoxy) is 1. The molecule has 0 radical (unpaired) electrons. The molecule has 1 aliphatic rings. The minimum Gasteiger partial charge on any atom is -0.497 e. The van der Waals surface area contributed by atoms with Crippen LogP contribution in [0.4, 0.5) is 5.69 Å². The number of rotatable bonds is 10. The van der Waals surface area contributed by atoms with Crippen LogP contribution in [0.25, 0.3) is 0 Å². The van der Waals surface area contributed by atoms with Crippen LogP contribution in [0.5, 0.6) is 5.75 Å². The Morgan fingerprint density at radius 3 is 2.15 bits per heavy atom. The molecule has 0 saturated carbocycles. The van der Waals surface area contributed by atoms with Crippen molar-refractivity contribution >= 4 is 40.6 Å². The van der Waals surface area contributed by atoms with E-state index in [-0.39, 0.29) is 30.0 Å². The summed E-state index contributed by atoms with van der Waals surface area (Å²) < 4.78 is 5.93. The van der Waals surface area contributed by atoms with Crippen molar-refractivity contribution in [2.45, 2.75) is 16.8 Å². The fourth-order valence-electron chi connectivity index (χ4n) is 4.82. The predicted octanol–water partition coefficient (Wildman–Crippen LogP) is 5.36. The molecule has 0 atom stereocenters. The summed E-state index contributed by atoms with van der Waals surface area (Å²) in [6.45, 7) is 2.99. The van der Waals surface area contributed by atoms with E-state index >= 15 is 0 Å². The molecule has 4 aromatic rings. The van der Waals surface area contributed by atoms with Gasteiger partial charge in [0, 0.05) is 37.2 Å². The molecule has 1 fully saturated rings. The predicted molar refractivity (Wildman–Crippen MR) is 161 cm³/mol. The maximum atomic E-state index is 13.1. The first-order valence-electron chi connectivity index (χ1n) is 13.2. The monoisotopic (exact) mass is 572 g/mol. The summed E-state index contributed by atoms with van der Waals surface area (Å²) in [7, 11) is 1.61. The van der Waals surface area contributed by atoms with Gasteiger partial charge >= 0.3 is 0 Å². The van der Waals surface area contributed by atoms with Crippen molar-refractivity contribution in [1.82, 2.24) is 14.8 Å². The number of thioether (sulfide) groups is 1. The second-order valence-corrected chi connectivity index (χ2v) is 11.6. The topological polar surface area (TPSA) is 74.8 Å². The van der Waals surface area contributed by atoms with Gasteiger partial charge in [0.25, 0.3) is 0 Å². The first-order chi connectivity index (χ1) is 19.6. The highest BCUT2D eigenvalue weighted by Gasteiger charge is 2.28. The van der Waals surface area contributed by atoms with E-state index in [0.29, 0.717) is 13.1 Å². The molecule has 2 heterocycles. The minimum absolute atomic E-state index is 0.0923. The normalized spacial score (nSPS) is 13.8. The largest absolute Gasteiger partial charge is 0.497 e. The highest BCUT2D eigenvalue weighted by Crippen LogP contribution is 2.30. The number of thiazole rings is 1. The molecule has 40 heavy (non-hydrogen) atoms. The van der Waals surface area contributed by atoms with E-state index < -0.39 is 0 Å². The number of methoxy groups -OCH3 is 1. The molecule has 9 heteroatoms. The summed E-state index contributed by atoms with van der Waals surface area (Å²) in [5, 5.41) is 4.79. The van der Waals surface area contributed by atoms with Crippen LogP contribution in [0.3, 0.4) is 0 Å². The van der Waals surface area contributed by atoms with Crippen molar-refractivity contribution in [3.05, 3.63) is 107 Å². The zero-order valence-electron chi connectivity index (χ0n) is 22.4. The van der Waals surface area contributed by atoms with Gasteiger partial charge in [-0.3, -0.25) is 14.5 Å².